The summed E-state index contributed by atoms with van der Waals surface area (Å²) in [5.74, 6) is 7.34. The molecule has 0 saturated heterocycles. The van der Waals surface area contributed by atoms with Gasteiger partial charge in [0.2, 0.25) is 0 Å². The molecular formula is C15H28N4. The quantitative estimate of drug-likeness (QED) is 0.635. The van der Waals surface area contributed by atoms with E-state index < -0.39 is 0 Å². The molecule has 0 spiro atoms. The van der Waals surface area contributed by atoms with Crippen molar-refractivity contribution in [3.05, 3.63) is 17.5 Å². The highest BCUT2D eigenvalue weighted by Crippen LogP contribution is 2.40. The second kappa shape index (κ2) is 6.53. The molecule has 3 unspecified atom stereocenters. The molecule has 0 aromatic carbocycles. The van der Waals surface area contributed by atoms with Gasteiger partial charge < -0.3 is 0 Å². The van der Waals surface area contributed by atoms with Crippen LogP contribution in [0.1, 0.15) is 63.3 Å². The Hall–Kier alpha value is -0.870. The lowest BCUT2D eigenvalue weighted by Gasteiger charge is -2.36. The summed E-state index contributed by atoms with van der Waals surface area (Å²) in [7, 11) is 1.99. The van der Waals surface area contributed by atoms with Crippen molar-refractivity contribution in [2.24, 2.45) is 24.7 Å². The summed E-state index contributed by atoms with van der Waals surface area (Å²) in [6.45, 7) is 4.47. The van der Waals surface area contributed by atoms with E-state index in [1.807, 2.05) is 11.7 Å². The number of nitrogens with zero attached hydrogens (tertiary/aromatic N) is 2. The highest BCUT2D eigenvalue weighted by atomic mass is 15.3. The van der Waals surface area contributed by atoms with Crippen LogP contribution in [-0.2, 0) is 13.5 Å². The zero-order valence-corrected chi connectivity index (χ0v) is 12.5. The van der Waals surface area contributed by atoms with Crippen LogP contribution in [0, 0.1) is 11.8 Å². The minimum absolute atomic E-state index is 0.258. The van der Waals surface area contributed by atoms with Crippen molar-refractivity contribution >= 4 is 0 Å². The van der Waals surface area contributed by atoms with E-state index in [1.54, 1.807) is 0 Å². The molecule has 0 radical (unpaired) electrons. The van der Waals surface area contributed by atoms with Crippen LogP contribution in [0.4, 0.5) is 0 Å². The predicted molar refractivity (Wildman–Crippen MR) is 78.4 cm³/mol. The maximum absolute atomic E-state index is 5.90. The van der Waals surface area contributed by atoms with E-state index in [-0.39, 0.29) is 6.04 Å². The van der Waals surface area contributed by atoms with Crippen LogP contribution in [0.15, 0.2) is 6.20 Å². The van der Waals surface area contributed by atoms with Crippen LogP contribution in [-0.4, -0.2) is 9.78 Å². The zero-order valence-electron chi connectivity index (χ0n) is 12.5. The number of nitrogens with two attached hydrogens (primary N) is 1. The highest BCUT2D eigenvalue weighted by Gasteiger charge is 2.33. The molecule has 3 atom stereocenters. The van der Waals surface area contributed by atoms with E-state index in [0.717, 1.165) is 12.3 Å². The third kappa shape index (κ3) is 3.00. The van der Waals surface area contributed by atoms with Gasteiger partial charge in [0.1, 0.15) is 0 Å². The Morgan fingerprint density at radius 3 is 2.79 bits per heavy atom. The Balaban J connectivity index is 2.26. The van der Waals surface area contributed by atoms with Gasteiger partial charge in [0, 0.05) is 18.8 Å². The normalized spacial score (nSPS) is 25.5. The second-order valence-electron chi connectivity index (χ2n) is 5.82. The minimum Gasteiger partial charge on any atom is -0.275 e. The summed E-state index contributed by atoms with van der Waals surface area (Å²) >= 11 is 0. The largest absolute Gasteiger partial charge is 0.275 e. The molecule has 0 bridgehead atoms. The third-order valence-corrected chi connectivity index (χ3v) is 4.71. The van der Waals surface area contributed by atoms with Gasteiger partial charge in [-0.1, -0.05) is 39.5 Å². The van der Waals surface area contributed by atoms with Crippen molar-refractivity contribution < 1.29 is 0 Å². The molecule has 0 amide bonds. The van der Waals surface area contributed by atoms with E-state index in [1.165, 1.54) is 43.4 Å². The van der Waals surface area contributed by atoms with Crippen molar-refractivity contribution in [2.75, 3.05) is 0 Å². The van der Waals surface area contributed by atoms with Crippen LogP contribution in [0.3, 0.4) is 0 Å². The number of aromatic nitrogens is 2. The lowest BCUT2D eigenvalue weighted by Crippen LogP contribution is -2.38. The summed E-state index contributed by atoms with van der Waals surface area (Å²) < 4.78 is 1.92. The lowest BCUT2D eigenvalue weighted by molar-refractivity contribution is 0.175. The molecule has 0 aliphatic heterocycles. The molecule has 1 fully saturated rings. The summed E-state index contributed by atoms with van der Waals surface area (Å²) in [4.78, 5) is 0. The van der Waals surface area contributed by atoms with Crippen LogP contribution in [0.2, 0.25) is 0 Å². The van der Waals surface area contributed by atoms with E-state index in [0.29, 0.717) is 5.92 Å². The van der Waals surface area contributed by atoms with Gasteiger partial charge in [-0.25, -0.2) is 0 Å². The molecule has 3 N–H and O–H groups in total. The van der Waals surface area contributed by atoms with Crippen molar-refractivity contribution in [3.8, 4) is 0 Å². The first kappa shape index (κ1) is 14.5. The number of nitrogens with one attached hydrogen (secondary N) is 1. The Kier molecular flexibility index (Phi) is 4.99. The van der Waals surface area contributed by atoms with Gasteiger partial charge in [0.25, 0.3) is 0 Å². The zero-order chi connectivity index (χ0) is 13.8. The fourth-order valence-electron chi connectivity index (χ4n) is 3.71. The maximum atomic E-state index is 5.90. The molecule has 4 heteroatoms. The number of aryl methyl sites for hydroxylation is 2. The SMILES string of the molecule is CCc1nn(C)cc1C(NN)C1CCCCC1CC. The van der Waals surface area contributed by atoms with Crippen LogP contribution < -0.4 is 11.3 Å². The first-order chi connectivity index (χ1) is 9.21. The standard InChI is InChI=1S/C15H28N4/c1-4-11-8-6-7-9-12(11)15(17-16)13-10-19(3)18-14(13)5-2/h10-12,15,17H,4-9,16H2,1-3H3. The van der Waals surface area contributed by atoms with E-state index in [4.69, 9.17) is 5.84 Å². The molecule has 1 aliphatic carbocycles. The average Bonchev–Trinajstić information content (AvgIpc) is 2.81. The molecule has 1 aromatic rings. The van der Waals surface area contributed by atoms with Gasteiger partial charge in [-0.3, -0.25) is 16.0 Å². The number of hydrogen-bond donors (Lipinski definition) is 2. The average molecular weight is 264 g/mol. The van der Waals surface area contributed by atoms with Gasteiger partial charge in [0.15, 0.2) is 0 Å². The first-order valence-electron chi connectivity index (χ1n) is 7.69. The second-order valence-corrected chi connectivity index (χ2v) is 5.82. The molecule has 19 heavy (non-hydrogen) atoms. The molecular weight excluding hydrogens is 236 g/mol. The fraction of sp³-hybridized carbons (Fsp3) is 0.800. The predicted octanol–water partition coefficient (Wildman–Crippen LogP) is 2.70. The minimum atomic E-state index is 0.258. The van der Waals surface area contributed by atoms with Gasteiger partial charge >= 0.3 is 0 Å². The van der Waals surface area contributed by atoms with Crippen LogP contribution >= 0.6 is 0 Å². The van der Waals surface area contributed by atoms with Crippen molar-refractivity contribution in [3.63, 3.8) is 0 Å². The molecule has 1 saturated carbocycles. The Morgan fingerprint density at radius 2 is 2.16 bits per heavy atom. The fourth-order valence-corrected chi connectivity index (χ4v) is 3.71. The molecule has 4 nitrogen and oxygen atoms in total. The van der Waals surface area contributed by atoms with E-state index in [2.05, 4.69) is 30.6 Å². The Bertz CT molecular complexity index is 399. The van der Waals surface area contributed by atoms with Gasteiger partial charge in [-0.2, -0.15) is 5.10 Å². The smallest absolute Gasteiger partial charge is 0.0670 e. The third-order valence-electron chi connectivity index (χ3n) is 4.71. The van der Waals surface area contributed by atoms with E-state index in [9.17, 15) is 0 Å². The summed E-state index contributed by atoms with van der Waals surface area (Å²) in [6, 6.07) is 0.258. The molecule has 1 heterocycles. The topological polar surface area (TPSA) is 55.9 Å². The van der Waals surface area contributed by atoms with Gasteiger partial charge in [0.05, 0.1) is 11.7 Å². The number of hydrazine groups is 1. The molecule has 1 aliphatic rings. The molecule has 1 aromatic heterocycles. The summed E-state index contributed by atoms with van der Waals surface area (Å²) in [5.41, 5.74) is 5.58. The van der Waals surface area contributed by atoms with Crippen LogP contribution in [0.5, 0.6) is 0 Å². The maximum Gasteiger partial charge on any atom is 0.0670 e. The summed E-state index contributed by atoms with van der Waals surface area (Å²) in [5, 5.41) is 4.56. The van der Waals surface area contributed by atoms with Crippen molar-refractivity contribution in [1.82, 2.24) is 15.2 Å². The highest BCUT2D eigenvalue weighted by molar-refractivity contribution is 5.22. The Morgan fingerprint density at radius 1 is 1.42 bits per heavy atom. The Labute approximate surface area is 116 Å². The lowest BCUT2D eigenvalue weighted by atomic mass is 9.72. The molecule has 108 valence electrons. The summed E-state index contributed by atoms with van der Waals surface area (Å²) in [6.07, 6.45) is 9.71. The molecule has 2 rings (SSSR count). The van der Waals surface area contributed by atoms with Gasteiger partial charge in [-0.15, -0.1) is 0 Å². The van der Waals surface area contributed by atoms with Gasteiger partial charge in [-0.05, 0) is 24.7 Å². The number of rotatable bonds is 5. The van der Waals surface area contributed by atoms with Crippen molar-refractivity contribution in [2.45, 2.75) is 58.4 Å². The van der Waals surface area contributed by atoms with Crippen molar-refractivity contribution in [1.29, 1.82) is 0 Å². The number of hydrogen-bond acceptors (Lipinski definition) is 3. The first-order valence-corrected chi connectivity index (χ1v) is 7.69. The van der Waals surface area contributed by atoms with E-state index >= 15 is 0 Å². The monoisotopic (exact) mass is 264 g/mol. The van der Waals surface area contributed by atoms with Crippen LogP contribution in [0.25, 0.3) is 0 Å².